The normalized spacial score (nSPS) is 19.8. The van der Waals surface area contributed by atoms with Crippen molar-refractivity contribution in [2.45, 2.75) is 38.8 Å². The van der Waals surface area contributed by atoms with Crippen LogP contribution in [0.25, 0.3) is 0 Å². The van der Waals surface area contributed by atoms with E-state index in [1.54, 1.807) is 6.92 Å². The summed E-state index contributed by atoms with van der Waals surface area (Å²) in [5.74, 6) is -0.0562. The molecule has 0 aromatic heterocycles. The molecule has 7 heteroatoms. The monoisotopic (exact) mass is 278 g/mol. The van der Waals surface area contributed by atoms with Crippen LogP contribution in [-0.2, 0) is 4.79 Å². The Morgan fingerprint density at radius 1 is 1.56 bits per heavy atom. The number of halogens is 1. The van der Waals surface area contributed by atoms with Crippen molar-refractivity contribution >= 4 is 24.3 Å². The summed E-state index contributed by atoms with van der Waals surface area (Å²) in [4.78, 5) is 24.8. The van der Waals surface area contributed by atoms with Crippen LogP contribution in [0.15, 0.2) is 0 Å². The fraction of sp³-hybridized carbons (Fsp3) is 0.818. The molecule has 4 N–H and O–H groups in total. The highest BCUT2D eigenvalue weighted by Crippen LogP contribution is 2.11. The third-order valence-electron chi connectivity index (χ3n) is 2.95. The Labute approximate surface area is 114 Å². The van der Waals surface area contributed by atoms with Crippen molar-refractivity contribution in [1.29, 1.82) is 0 Å². The van der Waals surface area contributed by atoms with Crippen molar-refractivity contribution < 1.29 is 9.59 Å². The first-order valence-corrected chi connectivity index (χ1v) is 6.13. The predicted octanol–water partition coefficient (Wildman–Crippen LogP) is 0.0655. The number of nitrogens with one attached hydrogen (secondary N) is 2. The first kappa shape index (κ1) is 17.0. The number of carbonyl (C=O) groups is 2. The van der Waals surface area contributed by atoms with Crippen LogP contribution >= 0.6 is 12.4 Å². The summed E-state index contributed by atoms with van der Waals surface area (Å²) >= 11 is 0. The lowest BCUT2D eigenvalue weighted by molar-refractivity contribution is -0.134. The maximum absolute atomic E-state index is 12.2. The molecule has 1 aliphatic rings. The van der Waals surface area contributed by atoms with Gasteiger partial charge in [0.15, 0.2) is 0 Å². The lowest BCUT2D eigenvalue weighted by atomic mass is 10.1. The average Bonchev–Trinajstić information content (AvgIpc) is 2.77. The fourth-order valence-electron chi connectivity index (χ4n) is 2.14. The van der Waals surface area contributed by atoms with Crippen LogP contribution in [0.3, 0.4) is 0 Å². The topological polar surface area (TPSA) is 87.5 Å². The zero-order valence-electron chi connectivity index (χ0n) is 10.9. The fourth-order valence-corrected chi connectivity index (χ4v) is 2.14. The van der Waals surface area contributed by atoms with Gasteiger partial charge in [-0.2, -0.15) is 0 Å². The Morgan fingerprint density at radius 2 is 2.22 bits per heavy atom. The standard InChI is InChI=1S/C11H22N4O2.ClH/c1-3-6-15(9-4-5-13-7-9)10(16)8(2)14-11(12)17;/h8-9,13H,3-7H2,1-2H3,(H3,12,14,17);1H. The molecule has 106 valence electrons. The van der Waals surface area contributed by atoms with Gasteiger partial charge in [-0.1, -0.05) is 6.92 Å². The summed E-state index contributed by atoms with van der Waals surface area (Å²) in [6, 6.07) is -0.980. The van der Waals surface area contributed by atoms with Crippen LogP contribution in [-0.4, -0.2) is 48.6 Å². The number of hydrogen-bond acceptors (Lipinski definition) is 3. The highest BCUT2D eigenvalue weighted by Gasteiger charge is 2.29. The van der Waals surface area contributed by atoms with Gasteiger partial charge in [0.25, 0.3) is 0 Å². The molecule has 0 aliphatic carbocycles. The van der Waals surface area contributed by atoms with Crippen LogP contribution in [0.2, 0.25) is 0 Å². The van der Waals surface area contributed by atoms with Crippen molar-refractivity contribution in [2.24, 2.45) is 5.73 Å². The van der Waals surface area contributed by atoms with E-state index in [0.717, 1.165) is 32.5 Å². The SMILES string of the molecule is CCCN(C(=O)C(C)NC(N)=O)C1CCNC1.Cl. The van der Waals surface area contributed by atoms with Crippen molar-refractivity contribution in [1.82, 2.24) is 15.5 Å². The van der Waals surface area contributed by atoms with Gasteiger partial charge in [-0.25, -0.2) is 4.79 Å². The van der Waals surface area contributed by atoms with Gasteiger partial charge in [0.1, 0.15) is 6.04 Å². The lowest BCUT2D eigenvalue weighted by Gasteiger charge is -2.30. The van der Waals surface area contributed by atoms with Gasteiger partial charge in [0.2, 0.25) is 5.91 Å². The van der Waals surface area contributed by atoms with E-state index in [4.69, 9.17) is 5.73 Å². The number of carbonyl (C=O) groups excluding carboxylic acids is 2. The van der Waals surface area contributed by atoms with E-state index in [1.165, 1.54) is 0 Å². The predicted molar refractivity (Wildman–Crippen MR) is 72.7 cm³/mol. The van der Waals surface area contributed by atoms with Crippen LogP contribution < -0.4 is 16.4 Å². The summed E-state index contributed by atoms with van der Waals surface area (Å²) in [5, 5.41) is 5.67. The Balaban J connectivity index is 0.00000289. The summed E-state index contributed by atoms with van der Waals surface area (Å²) in [6.45, 7) is 6.19. The van der Waals surface area contributed by atoms with Gasteiger partial charge in [0, 0.05) is 19.1 Å². The summed E-state index contributed by atoms with van der Waals surface area (Å²) in [7, 11) is 0. The number of urea groups is 1. The van der Waals surface area contributed by atoms with Crippen molar-refractivity contribution in [3.63, 3.8) is 0 Å². The minimum absolute atomic E-state index is 0. The molecule has 0 aromatic rings. The van der Waals surface area contributed by atoms with Crippen LogP contribution in [0.5, 0.6) is 0 Å². The second kappa shape index (κ2) is 8.16. The largest absolute Gasteiger partial charge is 0.352 e. The molecule has 1 heterocycles. The molecule has 0 bridgehead atoms. The van der Waals surface area contributed by atoms with Gasteiger partial charge in [-0.3, -0.25) is 4.79 Å². The molecule has 3 amide bonds. The minimum atomic E-state index is -0.660. The van der Waals surface area contributed by atoms with E-state index >= 15 is 0 Å². The van der Waals surface area contributed by atoms with Crippen molar-refractivity contribution in [2.75, 3.05) is 19.6 Å². The Kier molecular flexibility index (Phi) is 7.70. The molecular formula is C11H23ClN4O2. The number of hydrogen-bond donors (Lipinski definition) is 3. The lowest BCUT2D eigenvalue weighted by Crippen LogP contribution is -2.52. The molecule has 0 aromatic carbocycles. The van der Waals surface area contributed by atoms with Gasteiger partial charge in [-0.05, 0) is 26.3 Å². The molecule has 1 fully saturated rings. The molecule has 2 atom stereocenters. The molecule has 0 radical (unpaired) electrons. The third kappa shape index (κ3) is 4.70. The van der Waals surface area contributed by atoms with E-state index in [-0.39, 0.29) is 24.4 Å². The van der Waals surface area contributed by atoms with Crippen LogP contribution in [0.1, 0.15) is 26.7 Å². The molecule has 2 unspecified atom stereocenters. The minimum Gasteiger partial charge on any atom is -0.352 e. The number of nitrogens with two attached hydrogens (primary N) is 1. The Bertz CT molecular complexity index is 282. The highest BCUT2D eigenvalue weighted by molar-refractivity contribution is 5.86. The van der Waals surface area contributed by atoms with Crippen molar-refractivity contribution in [3.8, 4) is 0 Å². The smallest absolute Gasteiger partial charge is 0.312 e. The molecular weight excluding hydrogens is 256 g/mol. The molecule has 18 heavy (non-hydrogen) atoms. The Hall–Kier alpha value is -1.01. The van der Waals surface area contributed by atoms with Gasteiger partial charge >= 0.3 is 6.03 Å². The molecule has 0 spiro atoms. The highest BCUT2D eigenvalue weighted by atomic mass is 35.5. The van der Waals surface area contributed by atoms with E-state index in [2.05, 4.69) is 10.6 Å². The first-order valence-electron chi connectivity index (χ1n) is 6.13. The number of rotatable bonds is 5. The summed E-state index contributed by atoms with van der Waals surface area (Å²) in [5.41, 5.74) is 5.03. The maximum Gasteiger partial charge on any atom is 0.312 e. The molecule has 1 rings (SSSR count). The first-order chi connectivity index (χ1) is 8.06. The summed E-state index contributed by atoms with van der Waals surface area (Å²) < 4.78 is 0. The number of nitrogens with zero attached hydrogens (tertiary/aromatic N) is 1. The maximum atomic E-state index is 12.2. The zero-order chi connectivity index (χ0) is 12.8. The second-order valence-corrected chi connectivity index (χ2v) is 4.41. The zero-order valence-corrected chi connectivity index (χ0v) is 11.8. The van der Waals surface area contributed by atoms with Crippen LogP contribution in [0, 0.1) is 0 Å². The van der Waals surface area contributed by atoms with E-state index in [9.17, 15) is 9.59 Å². The van der Waals surface area contributed by atoms with Crippen LogP contribution in [0.4, 0.5) is 4.79 Å². The number of amides is 3. The number of primary amides is 1. The summed E-state index contributed by atoms with van der Waals surface area (Å²) in [6.07, 6.45) is 1.88. The quantitative estimate of drug-likeness (QED) is 0.665. The van der Waals surface area contributed by atoms with Gasteiger partial charge in [0.05, 0.1) is 0 Å². The van der Waals surface area contributed by atoms with E-state index in [1.807, 2.05) is 11.8 Å². The van der Waals surface area contributed by atoms with E-state index in [0.29, 0.717) is 0 Å². The Morgan fingerprint density at radius 3 is 2.67 bits per heavy atom. The second-order valence-electron chi connectivity index (χ2n) is 4.41. The average molecular weight is 279 g/mol. The molecule has 1 aliphatic heterocycles. The molecule has 1 saturated heterocycles. The van der Waals surface area contributed by atoms with Gasteiger partial charge < -0.3 is 21.3 Å². The molecule has 0 saturated carbocycles. The van der Waals surface area contributed by atoms with Gasteiger partial charge in [-0.15, -0.1) is 12.4 Å². The molecule has 6 nitrogen and oxygen atoms in total. The third-order valence-corrected chi connectivity index (χ3v) is 2.95. The van der Waals surface area contributed by atoms with Crippen molar-refractivity contribution in [3.05, 3.63) is 0 Å². The van der Waals surface area contributed by atoms with E-state index < -0.39 is 12.1 Å².